The molecule has 0 aliphatic heterocycles. The summed E-state index contributed by atoms with van der Waals surface area (Å²) in [4.78, 5) is 40.2. The number of nitrogens with one attached hydrogen (secondary N) is 3. The number of nitrogens with zero attached hydrogens (tertiary/aromatic N) is 1. The monoisotopic (exact) mass is 476 g/mol. The molecule has 0 radical (unpaired) electrons. The van der Waals surface area contributed by atoms with Crippen LogP contribution in [0.1, 0.15) is 32.0 Å². The number of carbonyl (C=O) groups excluding carboxylic acids is 2. The van der Waals surface area contributed by atoms with Gasteiger partial charge in [-0.1, -0.05) is 24.3 Å². The molecule has 0 spiro atoms. The Morgan fingerprint density at radius 3 is 2.51 bits per heavy atom. The van der Waals surface area contributed by atoms with Crippen molar-refractivity contribution >= 4 is 11.8 Å². The molecule has 0 aliphatic rings. The van der Waals surface area contributed by atoms with E-state index in [9.17, 15) is 23.2 Å². The maximum absolute atomic E-state index is 13.5. The van der Waals surface area contributed by atoms with E-state index in [-0.39, 0.29) is 24.6 Å². The molecule has 2 aromatic carbocycles. The van der Waals surface area contributed by atoms with Crippen LogP contribution in [0.3, 0.4) is 0 Å². The van der Waals surface area contributed by atoms with E-state index in [2.05, 4.69) is 15.6 Å². The molecule has 9 heteroatoms. The van der Waals surface area contributed by atoms with Gasteiger partial charge in [0.05, 0.1) is 6.54 Å². The summed E-state index contributed by atoms with van der Waals surface area (Å²) in [5, 5.41) is 5.30. The minimum atomic E-state index is -1.00. The Bertz CT molecular complexity index is 1460. The van der Waals surface area contributed by atoms with Gasteiger partial charge in [0.2, 0.25) is 0 Å². The summed E-state index contributed by atoms with van der Waals surface area (Å²) in [5.74, 6) is -2.75. The van der Waals surface area contributed by atoms with E-state index in [0.717, 1.165) is 28.8 Å². The molecule has 0 bridgehead atoms. The Labute approximate surface area is 199 Å². The predicted molar refractivity (Wildman–Crippen MR) is 127 cm³/mol. The first-order chi connectivity index (χ1) is 16.9. The van der Waals surface area contributed by atoms with Crippen molar-refractivity contribution in [1.29, 1.82) is 0 Å². The molecule has 0 atom stereocenters. The van der Waals surface area contributed by atoms with Crippen molar-refractivity contribution in [2.24, 2.45) is 0 Å². The third-order valence-electron chi connectivity index (χ3n) is 5.47. The molecule has 2 amide bonds. The second-order valence-corrected chi connectivity index (χ2v) is 7.87. The van der Waals surface area contributed by atoms with E-state index < -0.39 is 23.1 Å². The highest BCUT2D eigenvalue weighted by atomic mass is 19.2. The number of hydrogen-bond acceptors (Lipinski definition) is 3. The first-order valence-corrected chi connectivity index (χ1v) is 10.8. The highest BCUT2D eigenvalue weighted by Crippen LogP contribution is 2.21. The van der Waals surface area contributed by atoms with Crippen LogP contribution in [0.15, 0.2) is 77.9 Å². The van der Waals surface area contributed by atoms with Crippen LogP contribution in [-0.2, 0) is 13.1 Å². The molecular weight excluding hydrogens is 454 g/mol. The van der Waals surface area contributed by atoms with Crippen LogP contribution in [0, 0.1) is 11.6 Å². The zero-order valence-electron chi connectivity index (χ0n) is 18.8. The molecule has 178 valence electrons. The fourth-order valence-corrected chi connectivity index (χ4v) is 3.63. The van der Waals surface area contributed by atoms with Crippen LogP contribution < -0.4 is 16.2 Å². The van der Waals surface area contributed by atoms with Crippen molar-refractivity contribution in [2.75, 3.05) is 7.05 Å². The molecule has 3 N–H and O–H groups in total. The van der Waals surface area contributed by atoms with E-state index in [4.69, 9.17) is 0 Å². The van der Waals surface area contributed by atoms with Gasteiger partial charge in [0.15, 0.2) is 11.6 Å². The van der Waals surface area contributed by atoms with Crippen molar-refractivity contribution < 1.29 is 18.4 Å². The quantitative estimate of drug-likeness (QED) is 0.381. The van der Waals surface area contributed by atoms with E-state index in [1.54, 1.807) is 25.4 Å². The first kappa shape index (κ1) is 23.6. The summed E-state index contributed by atoms with van der Waals surface area (Å²) in [6, 6.07) is 15.5. The SMILES string of the molecule is CNC(=O)c1cc(-c2cccc(CNC(=O)c3cccn(Cc4ccc(F)c(F)c4)c3=O)c2)c[nH]1. The van der Waals surface area contributed by atoms with Crippen molar-refractivity contribution in [2.45, 2.75) is 13.1 Å². The highest BCUT2D eigenvalue weighted by Gasteiger charge is 2.13. The highest BCUT2D eigenvalue weighted by molar-refractivity contribution is 5.94. The van der Waals surface area contributed by atoms with Crippen LogP contribution >= 0.6 is 0 Å². The molecule has 0 unspecified atom stereocenters. The van der Waals surface area contributed by atoms with Gasteiger partial charge in [-0.3, -0.25) is 14.4 Å². The Balaban J connectivity index is 1.46. The first-order valence-electron chi connectivity index (χ1n) is 10.8. The summed E-state index contributed by atoms with van der Waals surface area (Å²) in [7, 11) is 1.55. The fraction of sp³-hybridized carbons (Fsp3) is 0.115. The van der Waals surface area contributed by atoms with Crippen LogP contribution in [0.2, 0.25) is 0 Å². The third kappa shape index (κ3) is 5.35. The maximum atomic E-state index is 13.5. The lowest BCUT2D eigenvalue weighted by atomic mass is 10.1. The van der Waals surface area contributed by atoms with Gasteiger partial charge in [0.1, 0.15) is 11.3 Å². The standard InChI is InChI=1S/C26H22F2N4O3/c1-29-25(34)23-12-19(14-30-23)18-5-2-4-16(10-18)13-31-24(33)20-6-3-9-32(26(20)35)15-17-7-8-21(27)22(28)11-17/h2-12,14,30H,13,15H2,1H3,(H,29,34)(H,31,33). The number of hydrogen-bond donors (Lipinski definition) is 3. The zero-order chi connectivity index (χ0) is 24.9. The van der Waals surface area contributed by atoms with Crippen LogP contribution in [0.4, 0.5) is 8.78 Å². The van der Waals surface area contributed by atoms with E-state index >= 15 is 0 Å². The number of rotatable bonds is 7. The number of aromatic nitrogens is 2. The van der Waals surface area contributed by atoms with Crippen LogP contribution in [-0.4, -0.2) is 28.4 Å². The normalized spacial score (nSPS) is 10.7. The van der Waals surface area contributed by atoms with Crippen molar-refractivity contribution in [3.05, 3.63) is 117 Å². The molecule has 2 heterocycles. The van der Waals surface area contributed by atoms with Crippen molar-refractivity contribution in [1.82, 2.24) is 20.2 Å². The lowest BCUT2D eigenvalue weighted by Gasteiger charge is -2.10. The number of pyridine rings is 1. The molecule has 35 heavy (non-hydrogen) atoms. The average molecular weight is 476 g/mol. The Morgan fingerprint density at radius 1 is 0.914 bits per heavy atom. The van der Waals surface area contributed by atoms with Gasteiger partial charge in [-0.15, -0.1) is 0 Å². The zero-order valence-corrected chi connectivity index (χ0v) is 18.8. The van der Waals surface area contributed by atoms with E-state index in [1.165, 1.54) is 22.9 Å². The van der Waals surface area contributed by atoms with E-state index in [1.807, 2.05) is 24.3 Å². The summed E-state index contributed by atoms with van der Waals surface area (Å²) >= 11 is 0. The van der Waals surface area contributed by atoms with Crippen LogP contribution in [0.5, 0.6) is 0 Å². The molecule has 2 aromatic heterocycles. The Hall–Kier alpha value is -4.53. The fourth-order valence-electron chi connectivity index (χ4n) is 3.63. The number of halogens is 2. The van der Waals surface area contributed by atoms with Gasteiger partial charge >= 0.3 is 0 Å². The molecule has 4 rings (SSSR count). The topological polar surface area (TPSA) is 96.0 Å². The molecule has 0 saturated carbocycles. The van der Waals surface area contributed by atoms with Crippen molar-refractivity contribution in [3.63, 3.8) is 0 Å². The van der Waals surface area contributed by atoms with Gasteiger partial charge < -0.3 is 20.2 Å². The van der Waals surface area contributed by atoms with Gasteiger partial charge in [0, 0.05) is 26.0 Å². The number of aromatic amines is 1. The van der Waals surface area contributed by atoms with E-state index in [0.29, 0.717) is 11.3 Å². The number of benzene rings is 2. The summed E-state index contributed by atoms with van der Waals surface area (Å²) in [6.45, 7) is 0.171. The summed E-state index contributed by atoms with van der Waals surface area (Å²) < 4.78 is 27.9. The predicted octanol–water partition coefficient (Wildman–Crippen LogP) is 3.46. The maximum Gasteiger partial charge on any atom is 0.267 e. The summed E-state index contributed by atoms with van der Waals surface area (Å²) in [6.07, 6.45) is 3.20. The second kappa shape index (κ2) is 10.2. The molecule has 4 aromatic rings. The van der Waals surface area contributed by atoms with Gasteiger partial charge in [0.25, 0.3) is 17.4 Å². The van der Waals surface area contributed by atoms with Crippen molar-refractivity contribution in [3.8, 4) is 11.1 Å². The lowest BCUT2D eigenvalue weighted by molar-refractivity contribution is 0.0944. The largest absolute Gasteiger partial charge is 0.357 e. The molecular formula is C26H22F2N4O3. The van der Waals surface area contributed by atoms with Gasteiger partial charge in [-0.2, -0.15) is 0 Å². The molecule has 0 saturated heterocycles. The third-order valence-corrected chi connectivity index (χ3v) is 5.47. The Kier molecular flexibility index (Phi) is 6.86. The molecule has 0 aliphatic carbocycles. The minimum absolute atomic E-state index is 0.00605. The van der Waals surface area contributed by atoms with Crippen LogP contribution in [0.25, 0.3) is 11.1 Å². The minimum Gasteiger partial charge on any atom is -0.357 e. The smallest absolute Gasteiger partial charge is 0.267 e. The summed E-state index contributed by atoms with van der Waals surface area (Å²) in [5.41, 5.74) is 2.70. The Morgan fingerprint density at radius 2 is 1.74 bits per heavy atom. The average Bonchev–Trinajstić information content (AvgIpc) is 3.36. The van der Waals surface area contributed by atoms with Gasteiger partial charge in [-0.25, -0.2) is 8.78 Å². The number of amides is 2. The molecule has 0 fully saturated rings. The van der Waals surface area contributed by atoms with Gasteiger partial charge in [-0.05, 0) is 58.7 Å². The number of carbonyl (C=O) groups is 2. The second-order valence-electron chi connectivity index (χ2n) is 7.87. The number of H-pyrrole nitrogens is 1. The molecule has 7 nitrogen and oxygen atoms in total. The lowest BCUT2D eigenvalue weighted by Crippen LogP contribution is -2.32.